The summed E-state index contributed by atoms with van der Waals surface area (Å²) in [4.78, 5) is 37.5. The van der Waals surface area contributed by atoms with E-state index in [1.165, 1.54) is 23.1 Å². The Morgan fingerprint density at radius 3 is 2.55 bits per heavy atom. The average molecular weight is 591 g/mol. The van der Waals surface area contributed by atoms with Crippen LogP contribution in [0.25, 0.3) is 17.4 Å². The molecular weight excluding hydrogens is 578 g/mol. The maximum absolute atomic E-state index is 13.2. The number of hydrogen-bond donors (Lipinski definition) is 1. The van der Waals surface area contributed by atoms with Crippen LogP contribution in [0.3, 0.4) is 0 Å². The maximum atomic E-state index is 13.2. The van der Waals surface area contributed by atoms with E-state index in [-0.39, 0.29) is 22.1 Å². The molecule has 8 nitrogen and oxygen atoms in total. The molecule has 0 spiro atoms. The highest BCUT2D eigenvalue weighted by molar-refractivity contribution is 9.10. The SMILES string of the molecule is Cc1cc(Br)ccc1N1C(=O)/C(=C\c2ccc(-c3ccc([N+](=O)[O-])cc3Br)o2)C(=O)NC1=S. The van der Waals surface area contributed by atoms with Gasteiger partial charge in [-0.25, -0.2) is 0 Å². The normalized spacial score (nSPS) is 15.2. The number of thiocarbonyl (C=S) groups is 1. The molecule has 1 saturated heterocycles. The first-order chi connectivity index (χ1) is 15.7. The number of rotatable bonds is 4. The molecule has 0 aliphatic carbocycles. The van der Waals surface area contributed by atoms with Crippen molar-refractivity contribution in [1.29, 1.82) is 0 Å². The molecule has 166 valence electrons. The zero-order valence-electron chi connectivity index (χ0n) is 16.8. The van der Waals surface area contributed by atoms with E-state index in [4.69, 9.17) is 16.6 Å². The van der Waals surface area contributed by atoms with Crippen molar-refractivity contribution >= 4 is 78.5 Å². The van der Waals surface area contributed by atoms with Gasteiger partial charge in [-0.15, -0.1) is 0 Å². The second-order valence-corrected chi connectivity index (χ2v) is 9.17. The summed E-state index contributed by atoms with van der Waals surface area (Å²) < 4.78 is 7.11. The zero-order chi connectivity index (χ0) is 23.9. The summed E-state index contributed by atoms with van der Waals surface area (Å²) in [6.45, 7) is 1.83. The third kappa shape index (κ3) is 4.52. The summed E-state index contributed by atoms with van der Waals surface area (Å²) in [6, 6.07) is 12.9. The molecular formula is C22H13Br2N3O5S. The minimum absolute atomic E-state index is 0.0116. The third-order valence-corrected chi connectivity index (χ3v) is 6.28. The topological polar surface area (TPSA) is 106 Å². The van der Waals surface area contributed by atoms with Gasteiger partial charge in [-0.3, -0.25) is 29.9 Å². The maximum Gasteiger partial charge on any atom is 0.270 e. The monoisotopic (exact) mass is 589 g/mol. The molecule has 0 saturated carbocycles. The Balaban J connectivity index is 1.68. The van der Waals surface area contributed by atoms with Crippen LogP contribution in [-0.2, 0) is 9.59 Å². The Bertz CT molecular complexity index is 1380. The van der Waals surface area contributed by atoms with Crippen LogP contribution in [0, 0.1) is 17.0 Å². The van der Waals surface area contributed by atoms with Gasteiger partial charge in [0.05, 0.1) is 10.6 Å². The molecule has 11 heteroatoms. The van der Waals surface area contributed by atoms with Gasteiger partial charge in [-0.2, -0.15) is 0 Å². The number of amides is 2. The molecule has 4 rings (SSSR count). The molecule has 2 amide bonds. The summed E-state index contributed by atoms with van der Waals surface area (Å²) in [5.74, 6) is -0.549. The first-order valence-electron chi connectivity index (χ1n) is 9.37. The number of non-ortho nitro benzene ring substituents is 1. The predicted octanol–water partition coefficient (Wildman–Crippen LogP) is 5.52. The van der Waals surface area contributed by atoms with Crippen LogP contribution in [0.4, 0.5) is 11.4 Å². The molecule has 33 heavy (non-hydrogen) atoms. The molecule has 0 atom stereocenters. The summed E-state index contributed by atoms with van der Waals surface area (Å²) in [5.41, 5.74) is 1.71. The van der Waals surface area contributed by atoms with Crippen molar-refractivity contribution in [3.63, 3.8) is 0 Å². The van der Waals surface area contributed by atoms with Gasteiger partial charge in [0.25, 0.3) is 17.5 Å². The highest BCUT2D eigenvalue weighted by atomic mass is 79.9. The van der Waals surface area contributed by atoms with Crippen molar-refractivity contribution in [1.82, 2.24) is 5.32 Å². The second-order valence-electron chi connectivity index (χ2n) is 7.01. The van der Waals surface area contributed by atoms with Crippen LogP contribution in [0.15, 0.2) is 67.5 Å². The molecule has 1 aliphatic rings. The predicted molar refractivity (Wildman–Crippen MR) is 134 cm³/mol. The van der Waals surface area contributed by atoms with E-state index in [2.05, 4.69) is 37.2 Å². The van der Waals surface area contributed by atoms with Crippen LogP contribution in [-0.4, -0.2) is 21.9 Å². The Hall–Kier alpha value is -3.15. The lowest BCUT2D eigenvalue weighted by atomic mass is 10.1. The number of aryl methyl sites for hydroxylation is 1. The molecule has 0 bridgehead atoms. The lowest BCUT2D eigenvalue weighted by Gasteiger charge is -2.29. The number of halogens is 2. The van der Waals surface area contributed by atoms with Crippen LogP contribution < -0.4 is 10.2 Å². The van der Waals surface area contributed by atoms with Gasteiger partial charge < -0.3 is 4.42 Å². The standard InChI is InChI=1S/C22H13Br2N3O5S/c1-11-8-12(23)2-6-18(11)26-21(29)16(20(28)25-22(26)33)10-14-4-7-19(32-14)15-5-3-13(27(30)31)9-17(15)24/h2-10H,1H3,(H,25,28,33)/b16-10-. The Kier molecular flexibility index (Phi) is 6.28. The second kappa shape index (κ2) is 9.00. The number of nitro benzene ring substituents is 1. The number of nitro groups is 1. The van der Waals surface area contributed by atoms with Crippen molar-refractivity contribution < 1.29 is 18.9 Å². The number of carbonyl (C=O) groups excluding carboxylic acids is 2. The molecule has 0 radical (unpaired) electrons. The molecule has 1 fully saturated rings. The minimum atomic E-state index is -0.634. The fraction of sp³-hybridized carbons (Fsp3) is 0.0455. The van der Waals surface area contributed by atoms with Crippen molar-refractivity contribution in [2.45, 2.75) is 6.92 Å². The number of anilines is 1. The van der Waals surface area contributed by atoms with E-state index in [0.717, 1.165) is 10.0 Å². The quantitative estimate of drug-likeness (QED) is 0.141. The van der Waals surface area contributed by atoms with Gasteiger partial charge in [0.2, 0.25) is 0 Å². The first-order valence-corrected chi connectivity index (χ1v) is 11.4. The number of furan rings is 1. The lowest BCUT2D eigenvalue weighted by molar-refractivity contribution is -0.384. The Morgan fingerprint density at radius 1 is 1.12 bits per heavy atom. The van der Waals surface area contributed by atoms with Gasteiger partial charge in [-0.1, -0.05) is 15.9 Å². The van der Waals surface area contributed by atoms with Gasteiger partial charge in [-0.05, 0) is 83.1 Å². The van der Waals surface area contributed by atoms with Gasteiger partial charge in [0.1, 0.15) is 17.1 Å². The zero-order valence-corrected chi connectivity index (χ0v) is 20.8. The molecule has 1 aliphatic heterocycles. The molecule has 1 N–H and O–H groups in total. The summed E-state index contributed by atoms with van der Waals surface area (Å²) in [6.07, 6.45) is 1.34. The van der Waals surface area contributed by atoms with E-state index in [9.17, 15) is 19.7 Å². The van der Waals surface area contributed by atoms with E-state index in [1.807, 2.05) is 13.0 Å². The number of hydrogen-bond acceptors (Lipinski definition) is 6. The van der Waals surface area contributed by atoms with Crippen LogP contribution in [0.2, 0.25) is 0 Å². The molecule has 0 unspecified atom stereocenters. The minimum Gasteiger partial charge on any atom is -0.457 e. The van der Waals surface area contributed by atoms with Crippen molar-refractivity contribution in [3.8, 4) is 11.3 Å². The molecule has 2 heterocycles. The average Bonchev–Trinajstić information content (AvgIpc) is 3.20. The fourth-order valence-corrected chi connectivity index (χ4v) is 4.59. The number of benzene rings is 2. The van der Waals surface area contributed by atoms with Gasteiger partial charge in [0.15, 0.2) is 5.11 Å². The third-order valence-electron chi connectivity index (χ3n) is 4.84. The smallest absolute Gasteiger partial charge is 0.270 e. The van der Waals surface area contributed by atoms with Crippen LogP contribution >= 0.6 is 44.1 Å². The van der Waals surface area contributed by atoms with Gasteiger partial charge >= 0.3 is 0 Å². The van der Waals surface area contributed by atoms with Crippen molar-refractivity contribution in [2.75, 3.05) is 4.90 Å². The highest BCUT2D eigenvalue weighted by Gasteiger charge is 2.35. The first kappa shape index (κ1) is 23.0. The summed E-state index contributed by atoms with van der Waals surface area (Å²) >= 11 is 11.9. The summed E-state index contributed by atoms with van der Waals surface area (Å²) in [5, 5.41) is 13.5. The van der Waals surface area contributed by atoms with E-state index >= 15 is 0 Å². The number of nitrogens with one attached hydrogen (secondary N) is 1. The molecule has 1 aromatic heterocycles. The van der Waals surface area contributed by atoms with Crippen molar-refractivity contribution in [2.24, 2.45) is 0 Å². The molecule has 2 aromatic carbocycles. The summed E-state index contributed by atoms with van der Waals surface area (Å²) in [7, 11) is 0. The Labute approximate surface area is 209 Å². The van der Waals surface area contributed by atoms with Gasteiger partial charge in [0, 0.05) is 26.6 Å². The highest BCUT2D eigenvalue weighted by Crippen LogP contribution is 2.33. The van der Waals surface area contributed by atoms with Crippen molar-refractivity contribution in [3.05, 3.63) is 84.5 Å². The van der Waals surface area contributed by atoms with Crippen LogP contribution in [0.5, 0.6) is 0 Å². The van der Waals surface area contributed by atoms with E-state index in [0.29, 0.717) is 21.5 Å². The Morgan fingerprint density at radius 2 is 1.88 bits per heavy atom. The van der Waals surface area contributed by atoms with E-state index < -0.39 is 16.7 Å². The molecule has 3 aromatic rings. The number of nitrogens with zero attached hydrogens (tertiary/aromatic N) is 2. The number of carbonyl (C=O) groups is 2. The lowest BCUT2D eigenvalue weighted by Crippen LogP contribution is -2.54. The largest absolute Gasteiger partial charge is 0.457 e. The fourth-order valence-electron chi connectivity index (χ4n) is 3.28. The van der Waals surface area contributed by atoms with Crippen LogP contribution in [0.1, 0.15) is 11.3 Å². The van der Waals surface area contributed by atoms with E-state index in [1.54, 1.807) is 30.3 Å².